The number of alkyl halides is 6. The highest BCUT2D eigenvalue weighted by atomic mass is 32.2. The van der Waals surface area contributed by atoms with Crippen LogP contribution in [0.2, 0.25) is 0 Å². The summed E-state index contributed by atoms with van der Waals surface area (Å²) in [4.78, 5) is 30.5. The minimum absolute atomic E-state index is 0.0892. The molecule has 3 amide bonds. The summed E-state index contributed by atoms with van der Waals surface area (Å²) in [7, 11) is 0.914. The van der Waals surface area contributed by atoms with E-state index < -0.39 is 30.6 Å². The van der Waals surface area contributed by atoms with Crippen LogP contribution in [0.1, 0.15) is 17.2 Å². The summed E-state index contributed by atoms with van der Waals surface area (Å²) < 4.78 is 88.3. The molecule has 240 valence electrons. The van der Waals surface area contributed by atoms with Crippen molar-refractivity contribution in [2.45, 2.75) is 25.6 Å². The SMILES string of the molecule is COC(c1ccc(C)cc1N1C(=O)CSC1=NC(=O)Nc1ccc(-c2cn(-c3ccc(OC(F)(F)F)cc3)nn2)cc1)C(F)(F)F. The Labute approximate surface area is 261 Å². The van der Waals surface area contributed by atoms with E-state index in [-0.39, 0.29) is 27.9 Å². The zero-order chi connectivity index (χ0) is 33.2. The van der Waals surface area contributed by atoms with Crippen molar-refractivity contribution in [1.82, 2.24) is 15.0 Å². The van der Waals surface area contributed by atoms with Gasteiger partial charge in [-0.15, -0.1) is 18.3 Å². The summed E-state index contributed by atoms with van der Waals surface area (Å²) in [6.45, 7) is 1.65. The number of amidine groups is 1. The first-order valence-corrected chi connectivity index (χ1v) is 14.1. The van der Waals surface area contributed by atoms with E-state index in [4.69, 9.17) is 4.74 Å². The molecule has 1 unspecified atom stereocenters. The van der Waals surface area contributed by atoms with E-state index in [0.29, 0.717) is 28.2 Å². The summed E-state index contributed by atoms with van der Waals surface area (Å²) >= 11 is 0.906. The molecular formula is C29H22F6N6O4S. The normalized spacial score (nSPS) is 15.3. The van der Waals surface area contributed by atoms with Crippen LogP contribution in [0.5, 0.6) is 5.75 Å². The molecule has 1 N–H and O–H groups in total. The number of rotatable bonds is 7. The standard InChI is InChI=1S/C29H22F6N6O4S/c1-16-3-12-21(25(44-2)28(30,31)32)23(13-16)41-24(42)15-46-27(41)37-26(43)36-18-6-4-17(5-7-18)22-14-40(39-38-22)19-8-10-20(11-9-19)45-29(33,34)35/h3-14,25H,15H2,1-2H3,(H,36,43). The monoisotopic (exact) mass is 664 g/mol. The third kappa shape index (κ3) is 7.48. The number of carbonyl (C=O) groups is 2. The first kappa shape index (κ1) is 32.5. The molecule has 10 nitrogen and oxygen atoms in total. The van der Waals surface area contributed by atoms with Crippen molar-refractivity contribution in [3.05, 3.63) is 84.1 Å². The van der Waals surface area contributed by atoms with Gasteiger partial charge in [-0.3, -0.25) is 9.69 Å². The van der Waals surface area contributed by atoms with Crippen LogP contribution in [0.4, 0.5) is 42.5 Å². The van der Waals surface area contributed by atoms with Crippen LogP contribution >= 0.6 is 11.8 Å². The van der Waals surface area contributed by atoms with Crippen molar-refractivity contribution >= 4 is 40.2 Å². The first-order valence-electron chi connectivity index (χ1n) is 13.2. The number of aromatic nitrogens is 3. The Bertz CT molecular complexity index is 1770. The zero-order valence-electron chi connectivity index (χ0n) is 23.8. The minimum Gasteiger partial charge on any atom is -0.406 e. The van der Waals surface area contributed by atoms with Gasteiger partial charge in [-0.05, 0) is 55.0 Å². The molecule has 2 heterocycles. The number of carbonyl (C=O) groups excluding carboxylic acids is 2. The smallest absolute Gasteiger partial charge is 0.406 e. The highest BCUT2D eigenvalue weighted by Gasteiger charge is 2.44. The van der Waals surface area contributed by atoms with Gasteiger partial charge in [-0.1, -0.05) is 41.2 Å². The number of hydrogen-bond acceptors (Lipinski definition) is 7. The summed E-state index contributed by atoms with van der Waals surface area (Å²) in [5.41, 5.74) is 1.96. The van der Waals surface area contributed by atoms with Gasteiger partial charge < -0.3 is 14.8 Å². The fourth-order valence-electron chi connectivity index (χ4n) is 4.47. The molecule has 1 fully saturated rings. The topological polar surface area (TPSA) is 111 Å². The number of nitrogens with one attached hydrogen (secondary N) is 1. The lowest BCUT2D eigenvalue weighted by atomic mass is 10.0. The van der Waals surface area contributed by atoms with Gasteiger partial charge in [0.15, 0.2) is 11.3 Å². The average molecular weight is 665 g/mol. The summed E-state index contributed by atoms with van der Waals surface area (Å²) in [6, 6.07) is 14.6. The number of methoxy groups -OCH3 is 1. The van der Waals surface area contributed by atoms with Crippen LogP contribution in [0.3, 0.4) is 0 Å². The van der Waals surface area contributed by atoms with Crippen LogP contribution in [0.15, 0.2) is 77.9 Å². The molecule has 17 heteroatoms. The number of ether oxygens (including phenoxy) is 2. The number of aryl methyl sites for hydroxylation is 1. The maximum Gasteiger partial charge on any atom is 0.573 e. The van der Waals surface area contributed by atoms with E-state index in [0.717, 1.165) is 35.9 Å². The Morgan fingerprint density at radius 1 is 1.02 bits per heavy atom. The number of nitrogens with zero attached hydrogens (tertiary/aromatic N) is 5. The number of benzene rings is 3. The molecule has 1 saturated heterocycles. The van der Waals surface area contributed by atoms with Crippen molar-refractivity contribution in [2.24, 2.45) is 4.99 Å². The molecule has 5 rings (SSSR count). The van der Waals surface area contributed by atoms with E-state index >= 15 is 0 Å². The van der Waals surface area contributed by atoms with Gasteiger partial charge in [0.2, 0.25) is 5.91 Å². The van der Waals surface area contributed by atoms with Gasteiger partial charge in [0.1, 0.15) is 11.4 Å². The number of amides is 3. The molecule has 0 saturated carbocycles. The first-order chi connectivity index (χ1) is 21.7. The lowest BCUT2D eigenvalue weighted by Gasteiger charge is -2.26. The second-order valence-electron chi connectivity index (χ2n) is 9.73. The summed E-state index contributed by atoms with van der Waals surface area (Å²) in [5.74, 6) is -1.07. The van der Waals surface area contributed by atoms with Crippen LogP contribution < -0.4 is 15.0 Å². The molecule has 46 heavy (non-hydrogen) atoms. The van der Waals surface area contributed by atoms with E-state index in [1.807, 2.05) is 0 Å². The second-order valence-corrected chi connectivity index (χ2v) is 10.7. The zero-order valence-corrected chi connectivity index (χ0v) is 24.6. The quantitative estimate of drug-likeness (QED) is 0.211. The van der Waals surface area contributed by atoms with E-state index in [1.165, 1.54) is 35.0 Å². The van der Waals surface area contributed by atoms with Gasteiger partial charge in [-0.25, -0.2) is 9.48 Å². The number of hydrogen-bond donors (Lipinski definition) is 1. The van der Waals surface area contributed by atoms with Crippen LogP contribution in [-0.4, -0.2) is 57.5 Å². The molecule has 0 bridgehead atoms. The number of aliphatic imine (C=N–C) groups is 1. The Balaban J connectivity index is 1.30. The maximum absolute atomic E-state index is 13.7. The highest BCUT2D eigenvalue weighted by Crippen LogP contribution is 2.42. The van der Waals surface area contributed by atoms with Crippen LogP contribution in [0.25, 0.3) is 16.9 Å². The van der Waals surface area contributed by atoms with Crippen LogP contribution in [-0.2, 0) is 9.53 Å². The predicted molar refractivity (Wildman–Crippen MR) is 157 cm³/mol. The summed E-state index contributed by atoms with van der Waals surface area (Å²) in [5, 5.41) is 10.5. The molecule has 1 aliphatic rings. The number of halogens is 6. The van der Waals surface area contributed by atoms with Crippen molar-refractivity contribution in [2.75, 3.05) is 23.1 Å². The third-order valence-electron chi connectivity index (χ3n) is 6.47. The van der Waals surface area contributed by atoms with Gasteiger partial charge in [-0.2, -0.15) is 18.2 Å². The molecule has 3 aromatic carbocycles. The van der Waals surface area contributed by atoms with Gasteiger partial charge in [0.25, 0.3) is 0 Å². The van der Waals surface area contributed by atoms with E-state index in [1.54, 1.807) is 37.4 Å². The minimum atomic E-state index is -4.81. The molecule has 0 radical (unpaired) electrons. The fourth-order valence-corrected chi connectivity index (χ4v) is 5.33. The van der Waals surface area contributed by atoms with Gasteiger partial charge in [0, 0.05) is 23.9 Å². The van der Waals surface area contributed by atoms with E-state index in [9.17, 15) is 35.9 Å². The number of thioether (sulfide) groups is 1. The van der Waals surface area contributed by atoms with E-state index in [2.05, 4.69) is 25.4 Å². The summed E-state index contributed by atoms with van der Waals surface area (Å²) in [6.07, 6.45) is -10.3. The second kappa shape index (κ2) is 12.8. The Hall–Kier alpha value is -4.90. The molecule has 1 atom stereocenters. The fraction of sp³-hybridized carbons (Fsp3) is 0.207. The highest BCUT2D eigenvalue weighted by molar-refractivity contribution is 8.15. The number of anilines is 2. The number of urea groups is 1. The average Bonchev–Trinajstić information content (AvgIpc) is 3.60. The van der Waals surface area contributed by atoms with Gasteiger partial charge in [0.05, 0.1) is 23.3 Å². The van der Waals surface area contributed by atoms with Crippen molar-refractivity contribution in [3.8, 4) is 22.7 Å². The molecule has 0 spiro atoms. The van der Waals surface area contributed by atoms with Crippen molar-refractivity contribution < 1.29 is 45.4 Å². The Morgan fingerprint density at radius 3 is 2.35 bits per heavy atom. The van der Waals surface area contributed by atoms with Crippen molar-refractivity contribution in [3.63, 3.8) is 0 Å². The van der Waals surface area contributed by atoms with Crippen molar-refractivity contribution in [1.29, 1.82) is 0 Å². The largest absolute Gasteiger partial charge is 0.573 e. The molecule has 4 aromatic rings. The van der Waals surface area contributed by atoms with Crippen LogP contribution in [0, 0.1) is 6.92 Å². The molecule has 1 aliphatic heterocycles. The Morgan fingerprint density at radius 2 is 1.72 bits per heavy atom. The maximum atomic E-state index is 13.7. The lowest BCUT2D eigenvalue weighted by molar-refractivity contribution is -0.274. The lowest BCUT2D eigenvalue weighted by Crippen LogP contribution is -2.33. The molecule has 0 aliphatic carbocycles. The third-order valence-corrected chi connectivity index (χ3v) is 7.39. The van der Waals surface area contributed by atoms with Gasteiger partial charge >= 0.3 is 18.6 Å². The molecular weight excluding hydrogens is 642 g/mol. The predicted octanol–water partition coefficient (Wildman–Crippen LogP) is 7.06. The molecule has 1 aromatic heterocycles. The Kier molecular flexibility index (Phi) is 9.07.